The van der Waals surface area contributed by atoms with Gasteiger partial charge in [-0.3, -0.25) is 0 Å². The van der Waals surface area contributed by atoms with Crippen LogP contribution < -0.4 is 5.32 Å². The molecule has 9 heteroatoms. The number of carbonyl (C=O) groups excluding carboxylic acids is 1. The molecule has 1 aromatic carbocycles. The molecule has 2 heterocycles. The maximum Gasteiger partial charge on any atom is 0.338 e. The van der Waals surface area contributed by atoms with Crippen molar-refractivity contribution in [2.24, 2.45) is 0 Å². The fourth-order valence-corrected chi connectivity index (χ4v) is 2.09. The van der Waals surface area contributed by atoms with Gasteiger partial charge in [0.1, 0.15) is 24.8 Å². The van der Waals surface area contributed by atoms with Gasteiger partial charge in [-0.05, 0) is 40.8 Å². The number of carbonyl (C=O) groups is 1. The van der Waals surface area contributed by atoms with E-state index in [0.29, 0.717) is 29.2 Å². The molecule has 0 radical (unpaired) electrons. The number of aromatic nitrogens is 5. The lowest BCUT2D eigenvalue weighted by Crippen LogP contribution is -2.15. The molecule has 3 aromatic rings. The Hall–Kier alpha value is -3.80. The first-order valence-corrected chi connectivity index (χ1v) is 7.37. The summed E-state index contributed by atoms with van der Waals surface area (Å²) < 4.78 is 6.67. The van der Waals surface area contributed by atoms with Crippen LogP contribution in [0.2, 0.25) is 0 Å². The third kappa shape index (κ3) is 3.94. The van der Waals surface area contributed by atoms with Gasteiger partial charge in [0.25, 0.3) is 0 Å². The Labute approximate surface area is 142 Å². The largest absolute Gasteiger partial charge is 0.460 e. The van der Waals surface area contributed by atoms with E-state index in [-0.39, 0.29) is 6.61 Å². The van der Waals surface area contributed by atoms with Gasteiger partial charge >= 0.3 is 5.97 Å². The van der Waals surface area contributed by atoms with Gasteiger partial charge in [-0.25, -0.2) is 14.5 Å². The summed E-state index contributed by atoms with van der Waals surface area (Å²) in [5, 5.41) is 22.8. The summed E-state index contributed by atoms with van der Waals surface area (Å²) in [6.07, 6.45) is 3.02. The van der Waals surface area contributed by atoms with E-state index < -0.39 is 5.97 Å². The molecule has 2 aromatic heterocycles. The fraction of sp³-hybridized carbons (Fsp3) is 0.125. The van der Waals surface area contributed by atoms with Crippen molar-refractivity contribution in [1.29, 1.82) is 5.26 Å². The highest BCUT2D eigenvalue weighted by atomic mass is 16.5. The molecule has 0 amide bonds. The Morgan fingerprint density at radius 1 is 1.32 bits per heavy atom. The Kier molecular flexibility index (Phi) is 4.92. The molecule has 0 unspecified atom stereocenters. The summed E-state index contributed by atoms with van der Waals surface area (Å²) >= 11 is 0. The number of pyridine rings is 1. The van der Waals surface area contributed by atoms with Gasteiger partial charge in [-0.1, -0.05) is 6.07 Å². The quantitative estimate of drug-likeness (QED) is 0.527. The third-order valence-corrected chi connectivity index (χ3v) is 3.25. The molecule has 1 N–H and O–H groups in total. The first-order valence-electron chi connectivity index (χ1n) is 7.37. The van der Waals surface area contributed by atoms with Crippen molar-refractivity contribution < 1.29 is 9.53 Å². The van der Waals surface area contributed by atoms with E-state index in [1.54, 1.807) is 42.6 Å². The normalized spacial score (nSPS) is 10.0. The summed E-state index contributed by atoms with van der Waals surface area (Å²) in [4.78, 5) is 16.2. The van der Waals surface area contributed by atoms with Gasteiger partial charge in [-0.2, -0.15) is 5.26 Å². The second kappa shape index (κ2) is 7.65. The number of hydrogen-bond donors (Lipinski definition) is 1. The Morgan fingerprint density at radius 3 is 3.04 bits per heavy atom. The van der Waals surface area contributed by atoms with Crippen LogP contribution in [0, 0.1) is 11.3 Å². The van der Waals surface area contributed by atoms with Crippen LogP contribution >= 0.6 is 0 Å². The number of esters is 1. The summed E-state index contributed by atoms with van der Waals surface area (Å²) in [7, 11) is 0. The number of nitriles is 1. The first kappa shape index (κ1) is 16.1. The molecular formula is C16H13N7O2. The molecule has 0 saturated heterocycles. The Morgan fingerprint density at radius 2 is 2.24 bits per heavy atom. The molecule has 25 heavy (non-hydrogen) atoms. The summed E-state index contributed by atoms with van der Waals surface area (Å²) in [6, 6.07) is 12.2. The van der Waals surface area contributed by atoms with Crippen LogP contribution in [0.3, 0.4) is 0 Å². The number of nitrogens with zero attached hydrogens (tertiary/aromatic N) is 6. The van der Waals surface area contributed by atoms with Gasteiger partial charge in [0, 0.05) is 6.20 Å². The van der Waals surface area contributed by atoms with Gasteiger partial charge < -0.3 is 10.1 Å². The summed E-state index contributed by atoms with van der Waals surface area (Å²) in [5.74, 6) is -0.0000180. The van der Waals surface area contributed by atoms with Crippen LogP contribution in [0.5, 0.6) is 0 Å². The number of rotatable bonds is 6. The zero-order chi connectivity index (χ0) is 17.5. The van der Waals surface area contributed by atoms with Crippen molar-refractivity contribution in [1.82, 2.24) is 25.2 Å². The SMILES string of the molecule is N#Cc1cccnc1NCCOC(=O)c1cccc(-n2cnnn2)c1. The van der Waals surface area contributed by atoms with Crippen LogP contribution in [0.15, 0.2) is 48.9 Å². The lowest BCUT2D eigenvalue weighted by molar-refractivity contribution is 0.0520. The second-order valence-corrected chi connectivity index (χ2v) is 4.88. The molecule has 0 aliphatic carbocycles. The molecular weight excluding hydrogens is 322 g/mol. The molecule has 9 nitrogen and oxygen atoms in total. The molecule has 0 bridgehead atoms. The zero-order valence-electron chi connectivity index (χ0n) is 13.0. The minimum absolute atomic E-state index is 0.134. The molecule has 0 fully saturated rings. The van der Waals surface area contributed by atoms with E-state index in [2.05, 4.69) is 25.8 Å². The van der Waals surface area contributed by atoms with E-state index >= 15 is 0 Å². The van der Waals surface area contributed by atoms with Crippen LogP contribution in [0.25, 0.3) is 5.69 Å². The highest BCUT2D eigenvalue weighted by Gasteiger charge is 2.09. The third-order valence-electron chi connectivity index (χ3n) is 3.25. The maximum atomic E-state index is 12.1. The molecule has 124 valence electrons. The van der Waals surface area contributed by atoms with Gasteiger partial charge in [0.05, 0.1) is 23.4 Å². The van der Waals surface area contributed by atoms with Crippen molar-refractivity contribution in [3.63, 3.8) is 0 Å². The molecule has 0 aliphatic rings. The van der Waals surface area contributed by atoms with Crippen molar-refractivity contribution in [3.05, 3.63) is 60.0 Å². The minimum atomic E-state index is -0.460. The highest BCUT2D eigenvalue weighted by Crippen LogP contribution is 2.11. The van der Waals surface area contributed by atoms with E-state index in [1.807, 2.05) is 6.07 Å². The lowest BCUT2D eigenvalue weighted by atomic mass is 10.2. The molecule has 0 aliphatic heterocycles. The van der Waals surface area contributed by atoms with Crippen molar-refractivity contribution in [2.75, 3.05) is 18.5 Å². The second-order valence-electron chi connectivity index (χ2n) is 4.88. The average molecular weight is 335 g/mol. The number of nitrogens with one attached hydrogen (secondary N) is 1. The standard InChI is InChI=1S/C16H13N7O2/c17-10-13-4-2-6-18-15(13)19-7-8-25-16(24)12-3-1-5-14(9-12)23-11-20-21-22-23/h1-6,9,11H,7-8H2,(H,18,19). The Bertz CT molecular complexity index is 903. The maximum absolute atomic E-state index is 12.1. The van der Waals surface area contributed by atoms with Crippen LogP contribution in [0.1, 0.15) is 15.9 Å². The average Bonchev–Trinajstić information content (AvgIpc) is 3.20. The number of ether oxygens (including phenoxy) is 1. The number of benzene rings is 1. The molecule has 3 rings (SSSR count). The predicted octanol–water partition coefficient (Wildman–Crippen LogP) is 1.20. The smallest absolute Gasteiger partial charge is 0.338 e. The van der Waals surface area contributed by atoms with Gasteiger partial charge in [0.2, 0.25) is 0 Å². The van der Waals surface area contributed by atoms with E-state index in [4.69, 9.17) is 10.00 Å². The number of tetrazole rings is 1. The first-order chi connectivity index (χ1) is 12.3. The van der Waals surface area contributed by atoms with E-state index in [1.165, 1.54) is 11.0 Å². The fourth-order valence-electron chi connectivity index (χ4n) is 2.09. The summed E-state index contributed by atoms with van der Waals surface area (Å²) in [5.41, 5.74) is 1.48. The Balaban J connectivity index is 1.55. The van der Waals surface area contributed by atoms with E-state index in [0.717, 1.165) is 0 Å². The highest BCUT2D eigenvalue weighted by molar-refractivity contribution is 5.90. The van der Waals surface area contributed by atoms with Crippen molar-refractivity contribution in [2.45, 2.75) is 0 Å². The van der Waals surface area contributed by atoms with Crippen LogP contribution in [-0.2, 0) is 4.74 Å². The molecule has 0 atom stereocenters. The van der Waals surface area contributed by atoms with Crippen LogP contribution in [-0.4, -0.2) is 44.3 Å². The lowest BCUT2D eigenvalue weighted by Gasteiger charge is -2.08. The van der Waals surface area contributed by atoms with Crippen molar-refractivity contribution >= 4 is 11.8 Å². The minimum Gasteiger partial charge on any atom is -0.460 e. The predicted molar refractivity (Wildman–Crippen MR) is 86.9 cm³/mol. The number of anilines is 1. The topological polar surface area (TPSA) is 119 Å². The van der Waals surface area contributed by atoms with Crippen molar-refractivity contribution in [3.8, 4) is 11.8 Å². The van der Waals surface area contributed by atoms with Gasteiger partial charge in [0.15, 0.2) is 0 Å². The monoisotopic (exact) mass is 335 g/mol. The molecule has 0 saturated carbocycles. The zero-order valence-corrected chi connectivity index (χ0v) is 13.0. The van der Waals surface area contributed by atoms with Crippen LogP contribution in [0.4, 0.5) is 5.82 Å². The molecule has 0 spiro atoms. The van der Waals surface area contributed by atoms with Gasteiger partial charge in [-0.15, -0.1) is 5.10 Å². The summed E-state index contributed by atoms with van der Waals surface area (Å²) in [6.45, 7) is 0.472. The number of hydrogen-bond acceptors (Lipinski definition) is 8. The van der Waals surface area contributed by atoms with E-state index in [9.17, 15) is 4.79 Å².